The van der Waals surface area contributed by atoms with Crippen molar-refractivity contribution in [2.45, 2.75) is 12.9 Å². The van der Waals surface area contributed by atoms with Crippen LogP contribution in [-0.2, 0) is 6.50 Å². The van der Waals surface area contributed by atoms with Crippen molar-refractivity contribution < 1.29 is 16.4 Å². The summed E-state index contributed by atoms with van der Waals surface area (Å²) in [5.41, 5.74) is -1.24. The minimum atomic E-state index is -3.59. The Kier molecular flexibility index (Phi) is 2.35. The van der Waals surface area contributed by atoms with Crippen molar-refractivity contribution in [3.8, 4) is 0 Å². The van der Waals surface area contributed by atoms with E-state index in [1.165, 1.54) is 42.6 Å². The normalized spacial score (nSPS) is 31.3. The second-order valence-corrected chi connectivity index (χ2v) is 5.65. The van der Waals surface area contributed by atoms with Gasteiger partial charge in [-0.3, -0.25) is 9.30 Å². The molecule has 0 bridgehead atoms. The Bertz CT molecular complexity index is 1410. The standard InChI is InChI=1S/C19H22ClN5O/c20-16-5-3-6-17(15-16)23-13-11-22(12-14-23)8-4-10-25-19(26)24-9-2-1-7-18(24)21-25/h1-3,5-7,9,15H,4,8,10-14H2/i8D2,10D2,11D2,12D2,13D2,14D2. The molecule has 3 heterocycles. The minimum absolute atomic E-state index is 0.0374. The van der Waals surface area contributed by atoms with Crippen molar-refractivity contribution in [3.63, 3.8) is 0 Å². The van der Waals surface area contributed by atoms with Gasteiger partial charge in [-0.25, -0.2) is 9.48 Å². The molecule has 26 heavy (non-hydrogen) atoms. The van der Waals surface area contributed by atoms with Crippen LogP contribution in [0.5, 0.6) is 0 Å². The van der Waals surface area contributed by atoms with Crippen molar-refractivity contribution in [1.29, 1.82) is 0 Å². The van der Waals surface area contributed by atoms with Crippen LogP contribution in [0.1, 0.15) is 22.9 Å². The maximum atomic E-state index is 12.7. The second kappa shape index (κ2) is 7.51. The highest BCUT2D eigenvalue weighted by Crippen LogP contribution is 2.20. The van der Waals surface area contributed by atoms with E-state index in [1.54, 1.807) is 0 Å². The number of aryl methyl sites for hydroxylation is 1. The first-order valence-corrected chi connectivity index (χ1v) is 8.01. The van der Waals surface area contributed by atoms with Gasteiger partial charge in [-0.15, -0.1) is 5.10 Å². The van der Waals surface area contributed by atoms with Crippen LogP contribution < -0.4 is 10.6 Å². The van der Waals surface area contributed by atoms with Crippen LogP contribution in [0.2, 0.25) is 5.02 Å². The predicted molar refractivity (Wildman–Crippen MR) is 104 cm³/mol. The summed E-state index contributed by atoms with van der Waals surface area (Å²) in [4.78, 5) is 12.7. The lowest BCUT2D eigenvalue weighted by molar-refractivity contribution is 0.248. The van der Waals surface area contributed by atoms with Gasteiger partial charge in [0.15, 0.2) is 5.65 Å². The first kappa shape index (κ1) is 8.15. The topological polar surface area (TPSA) is 45.8 Å². The summed E-state index contributed by atoms with van der Waals surface area (Å²) in [5.74, 6) is 0. The molecular formula is C19H22ClN5O. The molecule has 4 rings (SSSR count). The van der Waals surface area contributed by atoms with Gasteiger partial charge in [-0.1, -0.05) is 23.7 Å². The van der Waals surface area contributed by atoms with Gasteiger partial charge in [-0.2, -0.15) is 0 Å². The highest BCUT2D eigenvalue weighted by atomic mass is 35.5. The fourth-order valence-electron chi connectivity index (χ4n) is 2.30. The Hall–Kier alpha value is -2.31. The molecule has 1 aliphatic rings. The van der Waals surface area contributed by atoms with E-state index in [2.05, 4.69) is 5.10 Å². The first-order valence-electron chi connectivity index (χ1n) is 13.6. The molecule has 0 spiro atoms. The van der Waals surface area contributed by atoms with Gasteiger partial charge < -0.3 is 4.90 Å². The molecule has 1 fully saturated rings. The highest BCUT2D eigenvalue weighted by molar-refractivity contribution is 6.30. The fourth-order valence-corrected chi connectivity index (χ4v) is 2.48. The van der Waals surface area contributed by atoms with Gasteiger partial charge in [0.2, 0.25) is 0 Å². The maximum Gasteiger partial charge on any atom is 0.350 e. The van der Waals surface area contributed by atoms with Gasteiger partial charge in [-0.05, 0) is 36.8 Å². The summed E-state index contributed by atoms with van der Waals surface area (Å²) in [6.07, 6.45) is -0.104. The number of hydrogen-bond donors (Lipinski definition) is 0. The molecule has 0 atom stereocenters. The zero-order valence-corrected chi connectivity index (χ0v) is 14.1. The summed E-state index contributed by atoms with van der Waals surface area (Å²) in [7, 11) is 0. The van der Waals surface area contributed by atoms with Gasteiger partial charge >= 0.3 is 5.69 Å². The Morgan fingerprint density at radius 3 is 2.73 bits per heavy atom. The van der Waals surface area contributed by atoms with Crippen molar-refractivity contribution in [2.75, 3.05) is 37.4 Å². The summed E-state index contributed by atoms with van der Waals surface area (Å²) in [5, 5.41) is 3.89. The maximum absolute atomic E-state index is 12.7. The summed E-state index contributed by atoms with van der Waals surface area (Å²) < 4.78 is 103. The minimum Gasteiger partial charge on any atom is -0.369 e. The fraction of sp³-hybridized carbons (Fsp3) is 0.368. The van der Waals surface area contributed by atoms with Crippen LogP contribution in [-0.4, -0.2) is 51.6 Å². The predicted octanol–water partition coefficient (Wildman–Crippen LogP) is 2.36. The molecule has 1 saturated heterocycles. The van der Waals surface area contributed by atoms with E-state index in [9.17, 15) is 4.79 Å². The van der Waals surface area contributed by atoms with Crippen molar-refractivity contribution >= 4 is 22.9 Å². The van der Waals surface area contributed by atoms with Crippen LogP contribution in [0.3, 0.4) is 0 Å². The van der Waals surface area contributed by atoms with Crippen molar-refractivity contribution in [1.82, 2.24) is 19.1 Å². The highest BCUT2D eigenvalue weighted by Gasteiger charge is 2.17. The number of rotatable bonds is 5. The lowest BCUT2D eigenvalue weighted by Gasteiger charge is -2.36. The van der Waals surface area contributed by atoms with E-state index < -0.39 is 51.1 Å². The first-order chi connectivity index (χ1) is 17.2. The Labute approximate surface area is 174 Å². The van der Waals surface area contributed by atoms with Gasteiger partial charge in [0, 0.05) is 64.1 Å². The molecule has 0 N–H and O–H groups in total. The van der Waals surface area contributed by atoms with Crippen LogP contribution in [0.15, 0.2) is 53.5 Å². The number of benzene rings is 1. The van der Waals surface area contributed by atoms with E-state index in [0.717, 1.165) is 10.5 Å². The van der Waals surface area contributed by atoms with Crippen molar-refractivity contribution in [3.05, 3.63) is 64.2 Å². The molecule has 0 aliphatic carbocycles. The SMILES string of the molecule is [2H]C([2H])(CC([2H])([2H])n1nc2ccccn2c1=O)N1C([2H])([2H])C([2H])([2H])N(c2cccc(Cl)c2)C([2H])([2H])C1([2H])[2H]. The molecule has 0 amide bonds. The van der Waals surface area contributed by atoms with Crippen LogP contribution >= 0.6 is 11.6 Å². The Morgan fingerprint density at radius 1 is 1.12 bits per heavy atom. The smallest absolute Gasteiger partial charge is 0.350 e. The zero-order valence-electron chi connectivity index (χ0n) is 25.3. The summed E-state index contributed by atoms with van der Waals surface area (Å²) in [6.45, 7) is -20.4. The molecule has 3 aromatic rings. The molecule has 0 radical (unpaired) electrons. The molecule has 0 saturated carbocycles. The summed E-state index contributed by atoms with van der Waals surface area (Å²) in [6, 6.07) is 9.47. The third kappa shape index (κ3) is 3.61. The molecule has 7 heteroatoms. The lowest BCUT2D eigenvalue weighted by atomic mass is 10.2. The Balaban J connectivity index is 1.83. The Morgan fingerprint density at radius 2 is 1.96 bits per heavy atom. The number of halogens is 1. The zero-order chi connectivity index (χ0) is 28.7. The number of anilines is 1. The average molecular weight is 384 g/mol. The molecule has 6 nitrogen and oxygen atoms in total. The molecule has 136 valence electrons. The summed E-state index contributed by atoms with van der Waals surface area (Å²) >= 11 is 5.96. The monoisotopic (exact) mass is 383 g/mol. The molecule has 1 aliphatic heterocycles. The van der Waals surface area contributed by atoms with Crippen molar-refractivity contribution in [2.24, 2.45) is 0 Å². The van der Waals surface area contributed by atoms with Gasteiger partial charge in [0.1, 0.15) is 0 Å². The van der Waals surface area contributed by atoms with E-state index in [4.69, 9.17) is 28.1 Å². The van der Waals surface area contributed by atoms with Crippen LogP contribution in [0.25, 0.3) is 5.65 Å². The second-order valence-electron chi connectivity index (χ2n) is 5.21. The van der Waals surface area contributed by atoms with Crippen LogP contribution in [0, 0.1) is 0 Å². The van der Waals surface area contributed by atoms with E-state index in [1.807, 2.05) is 0 Å². The van der Waals surface area contributed by atoms with E-state index in [0.29, 0.717) is 4.68 Å². The molecule has 2 aromatic heterocycles. The quantitative estimate of drug-likeness (QED) is 0.678. The number of pyridine rings is 1. The third-order valence-corrected chi connectivity index (χ3v) is 3.74. The molecular weight excluding hydrogens is 350 g/mol. The van der Waals surface area contributed by atoms with Gasteiger partial charge in [0.05, 0.1) is 8.22 Å². The number of aromatic nitrogens is 3. The van der Waals surface area contributed by atoms with Gasteiger partial charge in [0.25, 0.3) is 0 Å². The largest absolute Gasteiger partial charge is 0.369 e. The average Bonchev–Trinajstić information content (AvgIpc) is 3.09. The number of fused-ring (bicyclic) bond motifs is 1. The lowest BCUT2D eigenvalue weighted by Crippen LogP contribution is -2.46. The number of piperazine rings is 1. The number of nitrogens with zero attached hydrogens (tertiary/aromatic N) is 5. The van der Waals surface area contributed by atoms with E-state index in [-0.39, 0.29) is 26.2 Å². The van der Waals surface area contributed by atoms with Crippen LogP contribution in [0.4, 0.5) is 5.69 Å². The molecule has 1 aromatic carbocycles. The van der Waals surface area contributed by atoms with E-state index >= 15 is 0 Å². The third-order valence-electron chi connectivity index (χ3n) is 3.51. The molecule has 0 unspecified atom stereocenters. The number of hydrogen-bond acceptors (Lipinski definition) is 4.